The highest BCUT2D eigenvalue weighted by Gasteiger charge is 2.15. The molecule has 1 aromatic carbocycles. The maximum atomic E-state index is 12.0. The zero-order valence-electron chi connectivity index (χ0n) is 16.5. The van der Waals surface area contributed by atoms with Crippen molar-refractivity contribution in [1.82, 2.24) is 5.32 Å². The monoisotopic (exact) mass is 330 g/mol. The van der Waals surface area contributed by atoms with Gasteiger partial charge in [0.05, 0.1) is 0 Å². The van der Waals surface area contributed by atoms with Crippen LogP contribution in [0.4, 0.5) is 5.69 Å². The molecule has 0 fully saturated rings. The van der Waals surface area contributed by atoms with Crippen LogP contribution in [0.1, 0.15) is 59.1 Å². The van der Waals surface area contributed by atoms with E-state index in [2.05, 4.69) is 70.0 Å². The molecule has 1 aromatic rings. The summed E-state index contributed by atoms with van der Waals surface area (Å²) in [6.45, 7) is 17.7. The number of hydrogen-bond acceptors (Lipinski definition) is 2. The Labute approximate surface area is 148 Å². The summed E-state index contributed by atoms with van der Waals surface area (Å²) in [6, 6.07) is 6.66. The number of amides is 1. The van der Waals surface area contributed by atoms with Crippen molar-refractivity contribution in [2.24, 2.45) is 5.92 Å². The van der Waals surface area contributed by atoms with Crippen LogP contribution in [0.2, 0.25) is 0 Å². The molecule has 0 heterocycles. The van der Waals surface area contributed by atoms with Gasteiger partial charge in [0.15, 0.2) is 0 Å². The number of aryl methyl sites for hydroxylation is 1. The highest BCUT2D eigenvalue weighted by molar-refractivity contribution is 5.83. The first-order valence-electron chi connectivity index (χ1n) is 9.17. The third-order valence-corrected chi connectivity index (χ3v) is 4.65. The predicted molar refractivity (Wildman–Crippen MR) is 105 cm³/mol. The summed E-state index contributed by atoms with van der Waals surface area (Å²) in [5, 5.41) is 2.91. The van der Waals surface area contributed by atoms with Gasteiger partial charge in [0.25, 0.3) is 0 Å². The molecule has 0 aromatic heterocycles. The molecule has 0 saturated heterocycles. The average Bonchev–Trinajstić information content (AvgIpc) is 2.53. The van der Waals surface area contributed by atoms with Gasteiger partial charge >= 0.3 is 0 Å². The zero-order valence-corrected chi connectivity index (χ0v) is 16.5. The second-order valence-corrected chi connectivity index (χ2v) is 6.61. The molecule has 0 spiro atoms. The second-order valence-electron chi connectivity index (χ2n) is 6.61. The number of benzene rings is 1. The molecule has 0 bridgehead atoms. The maximum absolute atomic E-state index is 12.0. The van der Waals surface area contributed by atoms with E-state index in [9.17, 15) is 4.79 Å². The van der Waals surface area contributed by atoms with E-state index in [1.807, 2.05) is 6.92 Å². The number of nitrogens with one attached hydrogen (secondary N) is 1. The van der Waals surface area contributed by atoms with Gasteiger partial charge in [-0.05, 0) is 69.4 Å². The van der Waals surface area contributed by atoms with E-state index in [-0.39, 0.29) is 5.91 Å². The Bertz CT molecular complexity index is 584. The van der Waals surface area contributed by atoms with Crippen molar-refractivity contribution in [3.8, 4) is 0 Å². The highest BCUT2D eigenvalue weighted by Crippen LogP contribution is 2.30. The van der Waals surface area contributed by atoms with Gasteiger partial charge < -0.3 is 10.2 Å². The van der Waals surface area contributed by atoms with Gasteiger partial charge in [0, 0.05) is 31.7 Å². The summed E-state index contributed by atoms with van der Waals surface area (Å²) in [5.74, 6) is 0.465. The molecule has 0 aliphatic heterocycles. The molecule has 0 saturated carbocycles. The molecule has 1 rings (SSSR count). The summed E-state index contributed by atoms with van der Waals surface area (Å²) in [4.78, 5) is 14.4. The minimum atomic E-state index is 0.109. The number of carbonyl (C=O) groups excluding carboxylic acids is 1. The third-order valence-electron chi connectivity index (χ3n) is 4.65. The quantitative estimate of drug-likeness (QED) is 0.743. The topological polar surface area (TPSA) is 32.3 Å². The Hall–Kier alpha value is -1.77. The smallest absolute Gasteiger partial charge is 0.224 e. The molecule has 24 heavy (non-hydrogen) atoms. The lowest BCUT2D eigenvalue weighted by molar-refractivity contribution is -0.120. The van der Waals surface area contributed by atoms with Crippen LogP contribution in [0.15, 0.2) is 23.8 Å². The Morgan fingerprint density at radius 2 is 1.79 bits per heavy atom. The van der Waals surface area contributed by atoms with Crippen LogP contribution in [0.3, 0.4) is 0 Å². The van der Waals surface area contributed by atoms with Crippen LogP contribution in [0.25, 0.3) is 5.57 Å². The SMILES string of the molecule is CCNC(=O)C/C(=C(\C)c1ccc(N(CC)CC)cc1C)C(C)C. The van der Waals surface area contributed by atoms with Gasteiger partial charge in [-0.25, -0.2) is 0 Å². The number of rotatable bonds is 8. The van der Waals surface area contributed by atoms with Gasteiger partial charge in [-0.2, -0.15) is 0 Å². The van der Waals surface area contributed by atoms with E-state index in [1.54, 1.807) is 0 Å². The number of hydrogen-bond donors (Lipinski definition) is 1. The van der Waals surface area contributed by atoms with Crippen molar-refractivity contribution in [2.45, 2.75) is 54.9 Å². The van der Waals surface area contributed by atoms with E-state index in [0.717, 1.165) is 13.1 Å². The fourth-order valence-electron chi connectivity index (χ4n) is 3.23. The Morgan fingerprint density at radius 1 is 1.17 bits per heavy atom. The first-order chi connectivity index (χ1) is 11.3. The number of anilines is 1. The normalized spacial score (nSPS) is 12.2. The molecule has 134 valence electrons. The van der Waals surface area contributed by atoms with Crippen molar-refractivity contribution in [3.05, 3.63) is 34.9 Å². The molecule has 1 amide bonds. The third kappa shape index (κ3) is 5.12. The Morgan fingerprint density at radius 3 is 2.25 bits per heavy atom. The molecule has 0 aliphatic carbocycles. The molecule has 0 aliphatic rings. The first kappa shape index (κ1) is 20.3. The summed E-state index contributed by atoms with van der Waals surface area (Å²) in [7, 11) is 0. The van der Waals surface area contributed by atoms with Crippen LogP contribution in [0.5, 0.6) is 0 Å². The lowest BCUT2D eigenvalue weighted by Crippen LogP contribution is -2.24. The molecule has 3 heteroatoms. The average molecular weight is 331 g/mol. The van der Waals surface area contributed by atoms with Gasteiger partial charge in [0.1, 0.15) is 0 Å². The van der Waals surface area contributed by atoms with Crippen molar-refractivity contribution in [3.63, 3.8) is 0 Å². The van der Waals surface area contributed by atoms with Gasteiger partial charge in [-0.1, -0.05) is 25.5 Å². The molecule has 1 N–H and O–H groups in total. The van der Waals surface area contributed by atoms with Crippen molar-refractivity contribution in [2.75, 3.05) is 24.5 Å². The molecular weight excluding hydrogens is 296 g/mol. The lowest BCUT2D eigenvalue weighted by atomic mass is 9.89. The van der Waals surface area contributed by atoms with Gasteiger partial charge in [-0.3, -0.25) is 4.79 Å². The van der Waals surface area contributed by atoms with Crippen LogP contribution in [0, 0.1) is 12.8 Å². The molecule has 3 nitrogen and oxygen atoms in total. The van der Waals surface area contributed by atoms with Gasteiger partial charge in [0.2, 0.25) is 5.91 Å². The largest absolute Gasteiger partial charge is 0.372 e. The number of carbonyl (C=O) groups is 1. The van der Waals surface area contributed by atoms with Crippen molar-refractivity contribution < 1.29 is 4.79 Å². The Kier molecular flexibility index (Phi) is 8.03. The summed E-state index contributed by atoms with van der Waals surface area (Å²) in [6.07, 6.45) is 0.481. The molecular formula is C21H34N2O. The minimum absolute atomic E-state index is 0.109. The van der Waals surface area contributed by atoms with Crippen LogP contribution in [-0.2, 0) is 4.79 Å². The van der Waals surface area contributed by atoms with Crippen molar-refractivity contribution in [1.29, 1.82) is 0 Å². The van der Waals surface area contributed by atoms with Crippen molar-refractivity contribution >= 4 is 17.2 Å². The van der Waals surface area contributed by atoms with E-state index >= 15 is 0 Å². The molecule has 0 radical (unpaired) electrons. The summed E-state index contributed by atoms with van der Waals surface area (Å²) in [5.41, 5.74) is 6.24. The second kappa shape index (κ2) is 9.51. The lowest BCUT2D eigenvalue weighted by Gasteiger charge is -2.23. The highest BCUT2D eigenvalue weighted by atomic mass is 16.1. The molecule has 0 unspecified atom stereocenters. The predicted octanol–water partition coefficient (Wildman–Crippen LogP) is 4.80. The number of allylic oxidation sites excluding steroid dienone is 1. The zero-order chi connectivity index (χ0) is 18.3. The Balaban J connectivity index is 3.22. The van der Waals surface area contributed by atoms with E-state index in [4.69, 9.17) is 0 Å². The van der Waals surface area contributed by atoms with Crippen LogP contribution >= 0.6 is 0 Å². The molecule has 0 atom stereocenters. The van der Waals surface area contributed by atoms with Gasteiger partial charge in [-0.15, -0.1) is 0 Å². The van der Waals surface area contributed by atoms with E-state index in [1.165, 1.54) is 28.0 Å². The van der Waals surface area contributed by atoms with Crippen LogP contribution < -0.4 is 10.2 Å². The standard InChI is InChI=1S/C21H34N2O/c1-8-22-21(24)14-20(15(4)5)17(7)19-12-11-18(13-16(19)6)23(9-2)10-3/h11-13,15H,8-10,14H2,1-7H3,(H,22,24)/b20-17-. The van der Waals surface area contributed by atoms with Crippen LogP contribution in [-0.4, -0.2) is 25.5 Å². The number of nitrogens with zero attached hydrogens (tertiary/aromatic N) is 1. The van der Waals surface area contributed by atoms with E-state index in [0.29, 0.717) is 18.9 Å². The minimum Gasteiger partial charge on any atom is -0.372 e. The maximum Gasteiger partial charge on any atom is 0.224 e. The van der Waals surface area contributed by atoms with E-state index < -0.39 is 0 Å². The summed E-state index contributed by atoms with van der Waals surface area (Å²) >= 11 is 0. The summed E-state index contributed by atoms with van der Waals surface area (Å²) < 4.78 is 0. The first-order valence-corrected chi connectivity index (χ1v) is 9.17. The fourth-order valence-corrected chi connectivity index (χ4v) is 3.23. The fraction of sp³-hybridized carbons (Fsp3) is 0.571.